The van der Waals surface area contributed by atoms with E-state index in [9.17, 15) is 0 Å². The molecule has 0 aromatic heterocycles. The minimum Gasteiger partial charge on any atom is -0.379 e. The Kier molecular flexibility index (Phi) is 6.57. The van der Waals surface area contributed by atoms with Crippen LogP contribution >= 0.6 is 0 Å². The molecule has 2 N–H and O–H groups in total. The quantitative estimate of drug-likeness (QED) is 0.725. The summed E-state index contributed by atoms with van der Waals surface area (Å²) in [5.74, 6) is 0.763. The van der Waals surface area contributed by atoms with Crippen LogP contribution in [0.25, 0.3) is 0 Å². The predicted molar refractivity (Wildman–Crippen MR) is 79.5 cm³/mol. The van der Waals surface area contributed by atoms with E-state index < -0.39 is 0 Å². The van der Waals surface area contributed by atoms with Crippen molar-refractivity contribution in [2.45, 2.75) is 45.2 Å². The van der Waals surface area contributed by atoms with Crippen molar-refractivity contribution in [3.05, 3.63) is 0 Å². The van der Waals surface area contributed by atoms with Crippen LogP contribution in [0, 0.1) is 5.92 Å². The second kappa shape index (κ2) is 8.20. The molecule has 2 atom stereocenters. The maximum absolute atomic E-state index is 5.47. The molecule has 19 heavy (non-hydrogen) atoms. The molecule has 2 fully saturated rings. The molecule has 4 nitrogen and oxygen atoms in total. The fraction of sp³-hybridized carbons (Fsp3) is 1.00. The predicted octanol–water partition coefficient (Wildman–Crippen LogP) is 1.07. The van der Waals surface area contributed by atoms with Gasteiger partial charge < -0.3 is 15.4 Å². The van der Waals surface area contributed by atoms with E-state index >= 15 is 0 Å². The third kappa shape index (κ3) is 5.38. The largest absolute Gasteiger partial charge is 0.379 e. The second-order valence-corrected chi connectivity index (χ2v) is 6.38. The molecule has 2 heterocycles. The zero-order valence-electron chi connectivity index (χ0n) is 12.7. The Balaban J connectivity index is 1.72. The minimum atomic E-state index is 0.672. The summed E-state index contributed by atoms with van der Waals surface area (Å²) in [5.41, 5.74) is 0. The number of nitrogens with zero attached hydrogens (tertiary/aromatic N) is 1. The molecular weight excluding hydrogens is 238 g/mol. The molecule has 4 heteroatoms. The Morgan fingerprint density at radius 3 is 2.74 bits per heavy atom. The highest BCUT2D eigenvalue weighted by Gasteiger charge is 2.22. The zero-order chi connectivity index (χ0) is 13.5. The average molecular weight is 269 g/mol. The molecule has 0 aromatic rings. The van der Waals surface area contributed by atoms with Gasteiger partial charge in [-0.05, 0) is 31.7 Å². The number of rotatable bonds is 7. The van der Waals surface area contributed by atoms with E-state index in [0.29, 0.717) is 12.1 Å². The summed E-state index contributed by atoms with van der Waals surface area (Å²) in [6, 6.07) is 1.37. The van der Waals surface area contributed by atoms with Crippen LogP contribution in [-0.4, -0.2) is 62.9 Å². The van der Waals surface area contributed by atoms with E-state index in [1.54, 1.807) is 0 Å². The van der Waals surface area contributed by atoms with Gasteiger partial charge in [0.25, 0.3) is 0 Å². The number of nitrogens with one attached hydrogen (secondary N) is 2. The van der Waals surface area contributed by atoms with Crippen molar-refractivity contribution >= 4 is 0 Å². The first kappa shape index (κ1) is 15.2. The highest BCUT2D eigenvalue weighted by Crippen LogP contribution is 2.13. The summed E-state index contributed by atoms with van der Waals surface area (Å²) in [4.78, 5) is 2.61. The Morgan fingerprint density at radius 2 is 2.11 bits per heavy atom. The van der Waals surface area contributed by atoms with Crippen LogP contribution in [0.3, 0.4) is 0 Å². The van der Waals surface area contributed by atoms with Crippen molar-refractivity contribution in [2.24, 2.45) is 5.92 Å². The molecule has 0 radical (unpaired) electrons. The fourth-order valence-corrected chi connectivity index (χ4v) is 3.20. The first-order chi connectivity index (χ1) is 9.25. The molecule has 0 bridgehead atoms. The van der Waals surface area contributed by atoms with Crippen LogP contribution in [0.1, 0.15) is 33.1 Å². The lowest BCUT2D eigenvalue weighted by Crippen LogP contribution is -2.49. The van der Waals surface area contributed by atoms with Gasteiger partial charge in [-0.25, -0.2) is 0 Å². The number of hydrogen-bond acceptors (Lipinski definition) is 4. The van der Waals surface area contributed by atoms with Gasteiger partial charge >= 0.3 is 0 Å². The molecule has 0 spiro atoms. The molecule has 112 valence electrons. The topological polar surface area (TPSA) is 36.5 Å². The van der Waals surface area contributed by atoms with E-state index in [2.05, 4.69) is 29.4 Å². The van der Waals surface area contributed by atoms with Crippen molar-refractivity contribution in [2.75, 3.05) is 45.9 Å². The molecule has 0 saturated carbocycles. The lowest BCUT2D eigenvalue weighted by molar-refractivity contribution is 0.0123. The lowest BCUT2D eigenvalue weighted by Gasteiger charge is -2.35. The zero-order valence-corrected chi connectivity index (χ0v) is 12.7. The highest BCUT2D eigenvalue weighted by molar-refractivity contribution is 4.80. The number of morpholine rings is 1. The molecule has 0 amide bonds. The van der Waals surface area contributed by atoms with Gasteiger partial charge in [-0.3, -0.25) is 4.90 Å². The van der Waals surface area contributed by atoms with Gasteiger partial charge in [0.05, 0.1) is 13.2 Å². The van der Waals surface area contributed by atoms with E-state index in [-0.39, 0.29) is 0 Å². The fourth-order valence-electron chi connectivity index (χ4n) is 3.20. The van der Waals surface area contributed by atoms with Gasteiger partial charge in [-0.1, -0.05) is 13.8 Å². The van der Waals surface area contributed by atoms with Gasteiger partial charge in [0.2, 0.25) is 0 Å². The monoisotopic (exact) mass is 269 g/mol. The van der Waals surface area contributed by atoms with Crippen LogP contribution in [0.5, 0.6) is 0 Å². The minimum absolute atomic E-state index is 0.672. The van der Waals surface area contributed by atoms with Crippen molar-refractivity contribution in [3.8, 4) is 0 Å². The van der Waals surface area contributed by atoms with Gasteiger partial charge in [0.1, 0.15) is 0 Å². The van der Waals surface area contributed by atoms with Crippen molar-refractivity contribution < 1.29 is 4.74 Å². The van der Waals surface area contributed by atoms with Crippen molar-refractivity contribution in [3.63, 3.8) is 0 Å². The number of ether oxygens (including phenoxy) is 1. The average Bonchev–Trinajstić information content (AvgIpc) is 2.91. The van der Waals surface area contributed by atoms with Gasteiger partial charge in [0.15, 0.2) is 0 Å². The lowest BCUT2D eigenvalue weighted by atomic mass is 10.0. The third-order valence-electron chi connectivity index (χ3n) is 4.24. The van der Waals surface area contributed by atoms with Crippen molar-refractivity contribution in [1.29, 1.82) is 0 Å². The van der Waals surface area contributed by atoms with Crippen LogP contribution in [0.2, 0.25) is 0 Å². The standard InChI is InChI=1S/C15H31N3O/c1-13(2)10-15(18-6-8-19-9-7-18)12-16-11-14-4-3-5-17-14/h13-17H,3-12H2,1-2H3. The Morgan fingerprint density at radius 1 is 1.32 bits per heavy atom. The van der Waals surface area contributed by atoms with E-state index in [0.717, 1.165) is 45.3 Å². The van der Waals surface area contributed by atoms with Gasteiger partial charge in [-0.15, -0.1) is 0 Å². The molecule has 2 aliphatic heterocycles. The molecule has 0 aromatic carbocycles. The Bertz CT molecular complexity index is 236. The Labute approximate surface area is 118 Å². The van der Waals surface area contributed by atoms with Crippen LogP contribution in [0.15, 0.2) is 0 Å². The van der Waals surface area contributed by atoms with E-state index in [1.807, 2.05) is 0 Å². The molecule has 2 unspecified atom stereocenters. The molecule has 0 aliphatic carbocycles. The summed E-state index contributed by atoms with van der Waals surface area (Å²) in [7, 11) is 0. The first-order valence-electron chi connectivity index (χ1n) is 8.01. The maximum atomic E-state index is 5.47. The summed E-state index contributed by atoms with van der Waals surface area (Å²) >= 11 is 0. The van der Waals surface area contributed by atoms with E-state index in [1.165, 1.54) is 25.8 Å². The van der Waals surface area contributed by atoms with E-state index in [4.69, 9.17) is 4.74 Å². The van der Waals surface area contributed by atoms with Crippen molar-refractivity contribution in [1.82, 2.24) is 15.5 Å². The Hall–Kier alpha value is -0.160. The molecule has 2 aliphatic rings. The van der Waals surface area contributed by atoms with Crippen LogP contribution in [-0.2, 0) is 4.74 Å². The molecular formula is C15H31N3O. The highest BCUT2D eigenvalue weighted by atomic mass is 16.5. The van der Waals surface area contributed by atoms with Gasteiger partial charge in [0, 0.05) is 38.3 Å². The SMILES string of the molecule is CC(C)CC(CNCC1CCCN1)N1CCOCC1. The summed E-state index contributed by atoms with van der Waals surface area (Å²) in [5, 5.41) is 7.24. The summed E-state index contributed by atoms with van der Waals surface area (Å²) in [6.45, 7) is 12.1. The molecule has 2 rings (SSSR count). The van der Waals surface area contributed by atoms with Crippen LogP contribution < -0.4 is 10.6 Å². The second-order valence-electron chi connectivity index (χ2n) is 6.38. The smallest absolute Gasteiger partial charge is 0.0594 e. The maximum Gasteiger partial charge on any atom is 0.0594 e. The molecule has 2 saturated heterocycles. The summed E-state index contributed by atoms with van der Waals surface area (Å²) in [6.07, 6.45) is 3.95. The third-order valence-corrected chi connectivity index (χ3v) is 4.24. The number of hydrogen-bond donors (Lipinski definition) is 2. The summed E-state index contributed by atoms with van der Waals surface area (Å²) < 4.78 is 5.47. The normalized spacial score (nSPS) is 27.0. The van der Waals surface area contributed by atoms with Gasteiger partial charge in [-0.2, -0.15) is 0 Å². The van der Waals surface area contributed by atoms with Crippen LogP contribution in [0.4, 0.5) is 0 Å². The first-order valence-corrected chi connectivity index (χ1v) is 8.01.